The van der Waals surface area contributed by atoms with Gasteiger partial charge in [-0.25, -0.2) is 14.8 Å². The number of carboxylic acid groups (broad SMARTS) is 2. The van der Waals surface area contributed by atoms with Crippen LogP contribution in [0.3, 0.4) is 0 Å². The number of aliphatic carboxylic acids is 2. The molecule has 17 heteroatoms. The fourth-order valence-electron chi connectivity index (χ4n) is 3.55. The van der Waals surface area contributed by atoms with Crippen molar-refractivity contribution in [2.75, 3.05) is 24.3 Å². The minimum atomic E-state index is -1.24. The van der Waals surface area contributed by atoms with Gasteiger partial charge in [0.15, 0.2) is 10.8 Å². The number of carbonyl (C=O) groups excluding carboxylic acids is 2. The van der Waals surface area contributed by atoms with Gasteiger partial charge in [0, 0.05) is 28.7 Å². The molecule has 0 aromatic carbocycles. The molecule has 0 radical (unpaired) electrons. The Hall–Kier alpha value is -3.15. The Morgan fingerprint density at radius 3 is 2.73 bits per heavy atom. The number of β-lactam (4-membered cyclic amide) rings is 1. The van der Waals surface area contributed by atoms with Crippen LogP contribution in [0.1, 0.15) is 17.8 Å². The van der Waals surface area contributed by atoms with Crippen LogP contribution in [0.15, 0.2) is 31.5 Å². The van der Waals surface area contributed by atoms with Crippen molar-refractivity contribution in [2.24, 2.45) is 5.16 Å². The van der Waals surface area contributed by atoms with Gasteiger partial charge in [0.1, 0.15) is 34.3 Å². The second kappa shape index (κ2) is 11.5. The second-order valence-corrected chi connectivity index (χ2v) is 11.7. The maximum absolute atomic E-state index is 12.9. The molecule has 2 aliphatic heterocycles. The van der Waals surface area contributed by atoms with Crippen LogP contribution in [0.5, 0.6) is 0 Å². The molecule has 0 unspecified atom stereocenters. The number of nitrogen functional groups attached to an aromatic ring is 1. The largest absolute Gasteiger partial charge is 0.481 e. The van der Waals surface area contributed by atoms with E-state index in [2.05, 4.69) is 20.4 Å². The van der Waals surface area contributed by atoms with Crippen molar-refractivity contribution < 1.29 is 34.2 Å². The van der Waals surface area contributed by atoms with E-state index in [1.165, 1.54) is 52.3 Å². The topological polar surface area (TPSA) is 197 Å². The number of thioether (sulfide) groups is 2. The third-order valence-corrected chi connectivity index (χ3v) is 9.36. The normalized spacial score (nSPS) is 19.3. The zero-order valence-corrected chi connectivity index (χ0v) is 22.3. The summed E-state index contributed by atoms with van der Waals surface area (Å²) in [5, 5.41) is 27.9. The van der Waals surface area contributed by atoms with E-state index in [1.54, 1.807) is 5.38 Å². The number of aryl methyl sites for hydroxylation is 1. The summed E-state index contributed by atoms with van der Waals surface area (Å²) in [6.45, 7) is 0. The molecule has 2 amide bonds. The van der Waals surface area contributed by atoms with Gasteiger partial charge in [0.05, 0.1) is 12.1 Å². The number of thiazole rings is 2. The quantitative estimate of drug-likeness (QED) is 0.127. The number of carbonyl (C=O) groups is 4. The Kier molecular flexibility index (Phi) is 8.35. The molecule has 196 valence electrons. The van der Waals surface area contributed by atoms with Gasteiger partial charge in [-0.05, 0) is 5.57 Å². The highest BCUT2D eigenvalue weighted by Gasteiger charge is 2.54. The third kappa shape index (κ3) is 5.89. The first-order valence-corrected chi connectivity index (χ1v) is 14.3. The van der Waals surface area contributed by atoms with Gasteiger partial charge in [-0.3, -0.25) is 19.3 Å². The molecule has 2 atom stereocenters. The molecule has 0 bridgehead atoms. The van der Waals surface area contributed by atoms with E-state index in [-0.39, 0.29) is 28.7 Å². The lowest BCUT2D eigenvalue weighted by atomic mass is 10.0. The van der Waals surface area contributed by atoms with Crippen LogP contribution >= 0.6 is 46.2 Å². The Morgan fingerprint density at radius 1 is 1.30 bits per heavy atom. The van der Waals surface area contributed by atoms with E-state index in [4.69, 9.17) is 15.7 Å². The zero-order valence-electron chi connectivity index (χ0n) is 19.1. The lowest BCUT2D eigenvalue weighted by Gasteiger charge is -2.49. The van der Waals surface area contributed by atoms with Crippen molar-refractivity contribution in [1.82, 2.24) is 20.2 Å². The highest BCUT2D eigenvalue weighted by Crippen LogP contribution is 2.41. The molecule has 13 nitrogen and oxygen atoms in total. The monoisotopic (exact) mass is 584 g/mol. The summed E-state index contributed by atoms with van der Waals surface area (Å²) in [7, 11) is 1.27. The van der Waals surface area contributed by atoms with Crippen LogP contribution in [-0.4, -0.2) is 84.6 Å². The van der Waals surface area contributed by atoms with Gasteiger partial charge in [-0.2, -0.15) is 0 Å². The molecule has 4 rings (SSSR count). The first-order chi connectivity index (χ1) is 17.7. The Morgan fingerprint density at radius 2 is 2.08 bits per heavy atom. The highest BCUT2D eigenvalue weighted by molar-refractivity contribution is 8.01. The summed E-state index contributed by atoms with van der Waals surface area (Å²) < 4.78 is 0.678. The fourth-order valence-corrected chi connectivity index (χ4v) is 7.46. The van der Waals surface area contributed by atoms with E-state index in [0.29, 0.717) is 33.5 Å². The van der Waals surface area contributed by atoms with Crippen molar-refractivity contribution in [3.05, 3.63) is 33.4 Å². The molecule has 37 heavy (non-hydrogen) atoms. The molecule has 1 saturated heterocycles. The number of amides is 2. The van der Waals surface area contributed by atoms with Gasteiger partial charge in [-0.15, -0.1) is 34.4 Å². The Balaban J connectivity index is 1.43. The maximum atomic E-state index is 12.9. The van der Waals surface area contributed by atoms with Crippen molar-refractivity contribution in [2.45, 2.75) is 28.6 Å². The highest BCUT2D eigenvalue weighted by atomic mass is 32.2. The predicted octanol–water partition coefficient (Wildman–Crippen LogP) is 1.08. The summed E-state index contributed by atoms with van der Waals surface area (Å²) in [5.74, 6) is -2.75. The number of oxime groups is 1. The molecule has 2 aromatic heterocycles. The van der Waals surface area contributed by atoms with E-state index >= 15 is 0 Å². The molecule has 2 aliphatic rings. The molecule has 0 saturated carbocycles. The lowest BCUT2D eigenvalue weighted by Crippen LogP contribution is -2.71. The second-order valence-electron chi connectivity index (χ2n) is 7.60. The van der Waals surface area contributed by atoms with Crippen molar-refractivity contribution in [3.8, 4) is 0 Å². The standard InChI is InChI=1S/C20H20N6O7S4/c1-33-25-12(10-7-35-19(21)23-10)15(29)24-13-16(30)26-14(18(31)32)8(4-34-17(13)26)5-36-20-22-9(6-37-20)2-3-11(27)28/h6-7,13,17H,2-5H2,1H3,(H2,21,23)(H,24,29)(H,27,28)(H,31,32)/b25-12-/t13-,17-/m1/s1. The average Bonchev–Trinajstić information content (AvgIpc) is 3.50. The van der Waals surface area contributed by atoms with Gasteiger partial charge >= 0.3 is 11.9 Å². The number of nitrogens with zero attached hydrogens (tertiary/aromatic N) is 4. The molecular formula is C20H20N6O7S4. The summed E-state index contributed by atoms with van der Waals surface area (Å²) in [5.41, 5.74) is 6.79. The van der Waals surface area contributed by atoms with Crippen LogP contribution in [0.25, 0.3) is 0 Å². The van der Waals surface area contributed by atoms with E-state index in [9.17, 15) is 24.3 Å². The number of anilines is 1. The summed E-state index contributed by atoms with van der Waals surface area (Å²) in [4.78, 5) is 63.0. The number of carboxylic acids is 2. The van der Waals surface area contributed by atoms with E-state index < -0.39 is 35.2 Å². The number of nitrogens with two attached hydrogens (primary N) is 1. The van der Waals surface area contributed by atoms with Crippen LogP contribution in [0.2, 0.25) is 0 Å². The molecule has 5 N–H and O–H groups in total. The molecule has 0 spiro atoms. The summed E-state index contributed by atoms with van der Waals surface area (Å²) >= 11 is 5.13. The first kappa shape index (κ1) is 26.9. The first-order valence-electron chi connectivity index (χ1n) is 10.5. The lowest BCUT2D eigenvalue weighted by molar-refractivity contribution is -0.150. The Bertz CT molecular complexity index is 1310. The molecule has 2 aromatic rings. The summed E-state index contributed by atoms with van der Waals surface area (Å²) in [6.07, 6.45) is 0.292. The molecule has 4 heterocycles. The van der Waals surface area contributed by atoms with Crippen molar-refractivity contribution in [1.29, 1.82) is 0 Å². The number of hydrogen-bond donors (Lipinski definition) is 4. The van der Waals surface area contributed by atoms with Gasteiger partial charge in [0.25, 0.3) is 11.8 Å². The van der Waals surface area contributed by atoms with Crippen LogP contribution in [0, 0.1) is 0 Å². The van der Waals surface area contributed by atoms with Gasteiger partial charge < -0.3 is 26.1 Å². The fraction of sp³-hybridized carbons (Fsp3) is 0.350. The molecule has 0 aliphatic carbocycles. The summed E-state index contributed by atoms with van der Waals surface area (Å²) in [6, 6.07) is -0.949. The predicted molar refractivity (Wildman–Crippen MR) is 139 cm³/mol. The van der Waals surface area contributed by atoms with Crippen molar-refractivity contribution >= 4 is 80.8 Å². The number of hydrogen-bond acceptors (Lipinski definition) is 13. The van der Waals surface area contributed by atoms with Crippen LogP contribution in [0.4, 0.5) is 5.13 Å². The van der Waals surface area contributed by atoms with E-state index in [0.717, 1.165) is 11.3 Å². The van der Waals surface area contributed by atoms with E-state index in [1.807, 2.05) is 0 Å². The maximum Gasteiger partial charge on any atom is 0.352 e. The number of fused-ring (bicyclic) bond motifs is 1. The van der Waals surface area contributed by atoms with Crippen LogP contribution in [-0.2, 0) is 30.4 Å². The van der Waals surface area contributed by atoms with Crippen LogP contribution < -0.4 is 11.1 Å². The van der Waals surface area contributed by atoms with Crippen molar-refractivity contribution in [3.63, 3.8) is 0 Å². The SMILES string of the molecule is CO/N=C(\C(=O)N[C@@H]1C(=O)N2C(C(=O)O)=C(CSc3nc(CCC(=O)O)cs3)CS[C@H]12)c1csc(N)n1. The molecular weight excluding hydrogens is 565 g/mol. The zero-order chi connectivity index (χ0) is 26.7. The number of rotatable bonds is 11. The third-order valence-electron chi connectivity index (χ3n) is 5.19. The number of nitrogens with one attached hydrogen (secondary N) is 1. The molecule has 1 fully saturated rings. The Labute approximate surface area is 226 Å². The minimum Gasteiger partial charge on any atom is -0.481 e. The average molecular weight is 585 g/mol. The number of aromatic nitrogens is 2. The van der Waals surface area contributed by atoms with Gasteiger partial charge in [0.2, 0.25) is 0 Å². The van der Waals surface area contributed by atoms with Gasteiger partial charge in [-0.1, -0.05) is 16.9 Å². The smallest absolute Gasteiger partial charge is 0.352 e. The minimum absolute atomic E-state index is 0.0222.